The molecule has 2 aromatic carbocycles. The number of methoxy groups -OCH3 is 4. The second-order valence-corrected chi connectivity index (χ2v) is 7.66. The summed E-state index contributed by atoms with van der Waals surface area (Å²) in [6.07, 6.45) is 0.523. The highest BCUT2D eigenvalue weighted by molar-refractivity contribution is 6.46. The molecular formula is C25H29NO7. The van der Waals surface area contributed by atoms with Gasteiger partial charge in [0.05, 0.1) is 32.9 Å². The van der Waals surface area contributed by atoms with Crippen LogP contribution in [0.4, 0.5) is 0 Å². The molecule has 1 amide bonds. The van der Waals surface area contributed by atoms with E-state index in [0.717, 1.165) is 5.56 Å². The maximum atomic E-state index is 13.1. The maximum absolute atomic E-state index is 13.1. The number of aliphatic hydroxyl groups is 1. The van der Waals surface area contributed by atoms with Gasteiger partial charge in [-0.1, -0.05) is 29.8 Å². The lowest BCUT2D eigenvalue weighted by Gasteiger charge is -2.26. The highest BCUT2D eigenvalue weighted by atomic mass is 16.5. The first-order chi connectivity index (χ1) is 15.9. The molecule has 33 heavy (non-hydrogen) atoms. The molecule has 8 heteroatoms. The molecular weight excluding hydrogens is 426 g/mol. The SMILES string of the molecule is COCCCN1C(=O)C(=O)C(=C(O)c2ccc(C)cc2)C1c1cc(OC)c(OC)c(OC)c1. The van der Waals surface area contributed by atoms with Gasteiger partial charge >= 0.3 is 0 Å². The fraction of sp³-hybridized carbons (Fsp3) is 0.360. The van der Waals surface area contributed by atoms with Crippen molar-refractivity contribution in [3.63, 3.8) is 0 Å². The largest absolute Gasteiger partial charge is 0.507 e. The smallest absolute Gasteiger partial charge is 0.295 e. The molecule has 1 heterocycles. The van der Waals surface area contributed by atoms with Gasteiger partial charge in [0.25, 0.3) is 11.7 Å². The normalized spacial score (nSPS) is 17.4. The molecule has 0 aliphatic carbocycles. The number of hydrogen-bond acceptors (Lipinski definition) is 7. The summed E-state index contributed by atoms with van der Waals surface area (Å²) in [6, 6.07) is 9.63. The van der Waals surface area contributed by atoms with Crippen LogP contribution in [0.25, 0.3) is 5.76 Å². The number of amides is 1. The third-order valence-corrected chi connectivity index (χ3v) is 5.62. The molecule has 2 aromatic rings. The molecule has 1 atom stereocenters. The van der Waals surface area contributed by atoms with E-state index in [2.05, 4.69) is 0 Å². The average Bonchev–Trinajstić information content (AvgIpc) is 3.08. The predicted molar refractivity (Wildman–Crippen MR) is 123 cm³/mol. The van der Waals surface area contributed by atoms with Gasteiger partial charge in [-0.25, -0.2) is 0 Å². The van der Waals surface area contributed by atoms with Crippen LogP contribution < -0.4 is 14.2 Å². The Kier molecular flexibility index (Phi) is 7.60. The van der Waals surface area contributed by atoms with E-state index in [1.807, 2.05) is 19.1 Å². The van der Waals surface area contributed by atoms with Crippen LogP contribution in [0.5, 0.6) is 17.2 Å². The fourth-order valence-corrected chi connectivity index (χ4v) is 3.96. The highest BCUT2D eigenvalue weighted by Gasteiger charge is 2.46. The number of ether oxygens (including phenoxy) is 4. The second kappa shape index (κ2) is 10.4. The van der Waals surface area contributed by atoms with Crippen LogP contribution >= 0.6 is 0 Å². The molecule has 0 aromatic heterocycles. The summed E-state index contributed by atoms with van der Waals surface area (Å²) in [7, 11) is 6.04. The molecule has 176 valence electrons. The van der Waals surface area contributed by atoms with E-state index in [4.69, 9.17) is 18.9 Å². The van der Waals surface area contributed by atoms with Gasteiger partial charge in [0, 0.05) is 25.8 Å². The summed E-state index contributed by atoms with van der Waals surface area (Å²) in [5, 5.41) is 11.1. The number of Topliss-reactive ketones (excluding diaryl/α,β-unsaturated/α-hetero) is 1. The number of carbonyl (C=O) groups is 2. The Morgan fingerprint density at radius 3 is 2.09 bits per heavy atom. The zero-order valence-corrected chi connectivity index (χ0v) is 19.5. The minimum Gasteiger partial charge on any atom is -0.507 e. The van der Waals surface area contributed by atoms with E-state index in [9.17, 15) is 14.7 Å². The van der Waals surface area contributed by atoms with Crippen LogP contribution in [0, 0.1) is 6.92 Å². The van der Waals surface area contributed by atoms with E-state index in [1.165, 1.54) is 26.2 Å². The quantitative estimate of drug-likeness (QED) is 0.268. The molecule has 0 spiro atoms. The average molecular weight is 456 g/mol. The number of ketones is 1. The van der Waals surface area contributed by atoms with Gasteiger partial charge in [0.1, 0.15) is 5.76 Å². The van der Waals surface area contributed by atoms with E-state index in [1.54, 1.807) is 31.4 Å². The molecule has 1 aliphatic rings. The molecule has 0 radical (unpaired) electrons. The Labute approximate surface area is 193 Å². The van der Waals surface area contributed by atoms with Crippen molar-refractivity contribution in [2.75, 3.05) is 41.6 Å². The summed E-state index contributed by atoms with van der Waals surface area (Å²) < 4.78 is 21.5. The Morgan fingerprint density at radius 1 is 0.970 bits per heavy atom. The Bertz CT molecular complexity index is 1030. The molecule has 1 aliphatic heterocycles. The monoisotopic (exact) mass is 455 g/mol. The van der Waals surface area contributed by atoms with Crippen LogP contribution in [-0.2, 0) is 14.3 Å². The van der Waals surface area contributed by atoms with Crippen LogP contribution in [0.1, 0.15) is 29.2 Å². The van der Waals surface area contributed by atoms with Crippen molar-refractivity contribution in [1.29, 1.82) is 0 Å². The lowest BCUT2D eigenvalue weighted by Crippen LogP contribution is -2.31. The Morgan fingerprint density at radius 2 is 1.58 bits per heavy atom. The minimum absolute atomic E-state index is 0.00976. The standard InChI is InChI=1S/C25H29NO7/c1-15-7-9-16(10-8-15)22(27)20-21(26(11-6-12-30-2)25(29)23(20)28)17-13-18(31-3)24(33-5)19(14-17)32-4/h7-10,13-14,21,27H,6,11-12H2,1-5H3. The third-order valence-electron chi connectivity index (χ3n) is 5.62. The summed E-state index contributed by atoms with van der Waals surface area (Å²) in [5.74, 6) is -0.517. The van der Waals surface area contributed by atoms with Crippen molar-refractivity contribution in [3.8, 4) is 17.2 Å². The zero-order chi connectivity index (χ0) is 24.1. The Balaban J connectivity index is 2.22. The van der Waals surface area contributed by atoms with Crippen LogP contribution in [0.3, 0.4) is 0 Å². The number of hydrogen-bond donors (Lipinski definition) is 1. The van der Waals surface area contributed by atoms with Crippen LogP contribution in [0.2, 0.25) is 0 Å². The molecule has 0 bridgehead atoms. The van der Waals surface area contributed by atoms with Crippen molar-refractivity contribution >= 4 is 17.4 Å². The van der Waals surface area contributed by atoms with Gasteiger partial charge in [-0.15, -0.1) is 0 Å². The topological polar surface area (TPSA) is 94.5 Å². The maximum Gasteiger partial charge on any atom is 0.295 e. The first-order valence-electron chi connectivity index (χ1n) is 10.5. The van der Waals surface area contributed by atoms with E-state index in [0.29, 0.717) is 41.4 Å². The number of nitrogens with zero attached hydrogens (tertiary/aromatic N) is 1. The van der Waals surface area contributed by atoms with Gasteiger partial charge in [0.2, 0.25) is 5.75 Å². The van der Waals surface area contributed by atoms with Gasteiger partial charge in [-0.3, -0.25) is 9.59 Å². The van der Waals surface area contributed by atoms with Crippen LogP contribution in [-0.4, -0.2) is 63.3 Å². The second-order valence-electron chi connectivity index (χ2n) is 7.66. The molecule has 3 rings (SSSR count). The number of likely N-dealkylation sites (tertiary alicyclic amines) is 1. The number of carbonyl (C=O) groups excluding carboxylic acids is 2. The summed E-state index contributed by atoms with van der Waals surface area (Å²) in [6.45, 7) is 2.61. The van der Waals surface area contributed by atoms with Crippen molar-refractivity contribution in [1.82, 2.24) is 4.90 Å². The van der Waals surface area contributed by atoms with E-state index >= 15 is 0 Å². The van der Waals surface area contributed by atoms with Gasteiger partial charge in [0.15, 0.2) is 11.5 Å². The zero-order valence-electron chi connectivity index (χ0n) is 19.5. The van der Waals surface area contributed by atoms with Crippen molar-refractivity contribution in [2.45, 2.75) is 19.4 Å². The lowest BCUT2D eigenvalue weighted by molar-refractivity contribution is -0.140. The van der Waals surface area contributed by atoms with E-state index < -0.39 is 17.7 Å². The molecule has 8 nitrogen and oxygen atoms in total. The predicted octanol–water partition coefficient (Wildman–Crippen LogP) is 3.48. The summed E-state index contributed by atoms with van der Waals surface area (Å²) in [4.78, 5) is 27.6. The summed E-state index contributed by atoms with van der Waals surface area (Å²) >= 11 is 0. The molecule has 0 saturated carbocycles. The van der Waals surface area contributed by atoms with Gasteiger partial charge in [-0.2, -0.15) is 0 Å². The van der Waals surface area contributed by atoms with Crippen LogP contribution in [0.15, 0.2) is 42.0 Å². The number of benzene rings is 2. The Hall–Kier alpha value is -3.52. The van der Waals surface area contributed by atoms with Gasteiger partial charge < -0.3 is 29.0 Å². The third kappa shape index (κ3) is 4.66. The highest BCUT2D eigenvalue weighted by Crippen LogP contribution is 2.45. The molecule has 1 N–H and O–H groups in total. The molecule has 1 unspecified atom stereocenters. The number of aliphatic hydroxyl groups excluding tert-OH is 1. The van der Waals surface area contributed by atoms with Crippen molar-refractivity contribution < 1.29 is 33.6 Å². The first-order valence-corrected chi connectivity index (χ1v) is 10.5. The number of rotatable bonds is 9. The first kappa shape index (κ1) is 24.1. The fourth-order valence-electron chi connectivity index (χ4n) is 3.96. The van der Waals surface area contributed by atoms with E-state index in [-0.39, 0.29) is 17.9 Å². The molecule has 1 saturated heterocycles. The summed E-state index contributed by atoms with van der Waals surface area (Å²) in [5.41, 5.74) is 2.02. The van der Waals surface area contributed by atoms with Crippen molar-refractivity contribution in [2.24, 2.45) is 0 Å². The minimum atomic E-state index is -0.836. The lowest BCUT2D eigenvalue weighted by atomic mass is 9.94. The number of aryl methyl sites for hydroxylation is 1. The molecule has 1 fully saturated rings. The van der Waals surface area contributed by atoms with Gasteiger partial charge in [-0.05, 0) is 31.0 Å². The van der Waals surface area contributed by atoms with Crippen molar-refractivity contribution in [3.05, 3.63) is 58.7 Å².